The molecule has 0 bridgehead atoms. The Morgan fingerprint density at radius 2 is 1.47 bits per heavy atom. The van der Waals surface area contributed by atoms with Crippen LogP contribution in [0.3, 0.4) is 0 Å². The first-order valence-corrected chi connectivity index (χ1v) is 7.83. The molecule has 0 saturated heterocycles. The van der Waals surface area contributed by atoms with E-state index in [-0.39, 0.29) is 5.69 Å². The van der Waals surface area contributed by atoms with Crippen LogP contribution in [0.5, 0.6) is 0 Å². The quantitative estimate of drug-likeness (QED) is 0.555. The van der Waals surface area contributed by atoms with Gasteiger partial charge in [0, 0.05) is 11.0 Å². The van der Waals surface area contributed by atoms with Crippen molar-refractivity contribution in [3.8, 4) is 0 Å². The van der Waals surface area contributed by atoms with Crippen molar-refractivity contribution < 1.29 is 8.78 Å². The van der Waals surface area contributed by atoms with Gasteiger partial charge in [0.2, 0.25) is 0 Å². The molecule has 0 unspecified atom stereocenters. The van der Waals surface area contributed by atoms with Crippen LogP contribution in [-0.2, 0) is 0 Å². The molecule has 1 aromatic carbocycles. The maximum Gasteiger partial charge on any atom is 0.150 e. The van der Waals surface area contributed by atoms with E-state index < -0.39 is 11.6 Å². The van der Waals surface area contributed by atoms with E-state index >= 15 is 0 Å². The lowest BCUT2D eigenvalue weighted by Crippen LogP contribution is -2.05. The Balaban J connectivity index is 2.19. The molecule has 0 fully saturated rings. The summed E-state index contributed by atoms with van der Waals surface area (Å²) in [6.07, 6.45) is 8.36. The van der Waals surface area contributed by atoms with E-state index in [2.05, 4.69) is 28.2 Å². The molecule has 0 aliphatic rings. The number of anilines is 1. The van der Waals surface area contributed by atoms with Crippen LogP contribution in [-0.4, -0.2) is 6.54 Å². The lowest BCUT2D eigenvalue weighted by molar-refractivity contribution is 0.579. The van der Waals surface area contributed by atoms with Crippen LogP contribution in [0.15, 0.2) is 16.6 Å². The fourth-order valence-electron chi connectivity index (χ4n) is 2.01. The van der Waals surface area contributed by atoms with Gasteiger partial charge in [-0.1, -0.05) is 61.4 Å². The fraction of sp³-hybridized carbons (Fsp3) is 0.600. The first-order chi connectivity index (χ1) is 9.15. The summed E-state index contributed by atoms with van der Waals surface area (Å²) in [6.45, 7) is 2.81. The van der Waals surface area contributed by atoms with Gasteiger partial charge in [-0.05, 0) is 18.6 Å². The SMILES string of the molecule is CCCCCCCCCNc1c(F)cc(Br)cc1F. The second kappa shape index (κ2) is 9.29. The minimum Gasteiger partial charge on any atom is -0.380 e. The van der Waals surface area contributed by atoms with Crippen LogP contribution in [0.4, 0.5) is 14.5 Å². The van der Waals surface area contributed by atoms with E-state index in [1.165, 1.54) is 44.2 Å². The van der Waals surface area contributed by atoms with Gasteiger partial charge < -0.3 is 5.32 Å². The van der Waals surface area contributed by atoms with Gasteiger partial charge >= 0.3 is 0 Å². The molecule has 0 atom stereocenters. The molecule has 4 heteroatoms. The lowest BCUT2D eigenvalue weighted by atomic mass is 10.1. The van der Waals surface area contributed by atoms with Crippen LogP contribution >= 0.6 is 15.9 Å². The maximum atomic E-state index is 13.5. The Morgan fingerprint density at radius 3 is 2.05 bits per heavy atom. The second-order valence-electron chi connectivity index (χ2n) is 4.79. The van der Waals surface area contributed by atoms with E-state index in [1.807, 2.05) is 0 Å². The van der Waals surface area contributed by atoms with Gasteiger partial charge in [0.05, 0.1) is 0 Å². The van der Waals surface area contributed by atoms with E-state index in [0.717, 1.165) is 12.8 Å². The van der Waals surface area contributed by atoms with Crippen LogP contribution in [0, 0.1) is 11.6 Å². The van der Waals surface area contributed by atoms with E-state index in [9.17, 15) is 8.78 Å². The normalized spacial score (nSPS) is 10.7. The third kappa shape index (κ3) is 6.37. The Bertz CT molecular complexity index is 359. The van der Waals surface area contributed by atoms with Crippen LogP contribution < -0.4 is 5.32 Å². The zero-order chi connectivity index (χ0) is 14.1. The number of nitrogens with one attached hydrogen (secondary N) is 1. The average Bonchev–Trinajstić information content (AvgIpc) is 2.35. The molecule has 1 rings (SSSR count). The third-order valence-electron chi connectivity index (χ3n) is 3.09. The van der Waals surface area contributed by atoms with Crippen molar-refractivity contribution >= 4 is 21.6 Å². The van der Waals surface area contributed by atoms with Crippen molar-refractivity contribution in [2.24, 2.45) is 0 Å². The maximum absolute atomic E-state index is 13.5. The average molecular weight is 334 g/mol. The number of unbranched alkanes of at least 4 members (excludes halogenated alkanes) is 6. The molecule has 1 aromatic rings. The van der Waals surface area contributed by atoms with Gasteiger partial charge in [0.1, 0.15) is 17.3 Å². The largest absolute Gasteiger partial charge is 0.380 e. The molecule has 0 amide bonds. The van der Waals surface area contributed by atoms with E-state index in [1.54, 1.807) is 0 Å². The summed E-state index contributed by atoms with van der Waals surface area (Å²) in [5, 5.41) is 2.84. The highest BCUT2D eigenvalue weighted by atomic mass is 79.9. The summed E-state index contributed by atoms with van der Waals surface area (Å²) in [6, 6.07) is 2.55. The topological polar surface area (TPSA) is 12.0 Å². The predicted octanol–water partition coefficient (Wildman–Crippen LogP) is 5.89. The highest BCUT2D eigenvalue weighted by molar-refractivity contribution is 9.10. The molecule has 0 heterocycles. The number of hydrogen-bond acceptors (Lipinski definition) is 1. The molecule has 0 aromatic heterocycles. The van der Waals surface area contributed by atoms with Crippen molar-refractivity contribution in [1.29, 1.82) is 0 Å². The molecule has 19 heavy (non-hydrogen) atoms. The van der Waals surface area contributed by atoms with Crippen molar-refractivity contribution in [3.05, 3.63) is 28.2 Å². The van der Waals surface area contributed by atoms with Crippen molar-refractivity contribution in [2.45, 2.75) is 51.9 Å². The zero-order valence-corrected chi connectivity index (χ0v) is 13.0. The third-order valence-corrected chi connectivity index (χ3v) is 3.55. The zero-order valence-electron chi connectivity index (χ0n) is 11.4. The van der Waals surface area contributed by atoms with Crippen molar-refractivity contribution in [2.75, 3.05) is 11.9 Å². The van der Waals surface area contributed by atoms with Crippen molar-refractivity contribution in [3.63, 3.8) is 0 Å². The summed E-state index contributed by atoms with van der Waals surface area (Å²) in [5.74, 6) is -1.09. The number of benzene rings is 1. The molecule has 0 spiro atoms. The highest BCUT2D eigenvalue weighted by Gasteiger charge is 2.09. The van der Waals surface area contributed by atoms with Crippen LogP contribution in [0.25, 0.3) is 0 Å². The molecule has 1 N–H and O–H groups in total. The standard InChI is InChI=1S/C15H22BrF2N/c1-2-3-4-5-6-7-8-9-19-15-13(17)10-12(16)11-14(15)18/h10-11,19H,2-9H2,1H3. The highest BCUT2D eigenvalue weighted by Crippen LogP contribution is 2.23. The van der Waals surface area contributed by atoms with Gasteiger partial charge in [-0.25, -0.2) is 8.78 Å². The minimum absolute atomic E-state index is 0.0193. The molecular formula is C15H22BrF2N. The monoisotopic (exact) mass is 333 g/mol. The summed E-state index contributed by atoms with van der Waals surface area (Å²) < 4.78 is 27.4. The first-order valence-electron chi connectivity index (χ1n) is 7.03. The van der Waals surface area contributed by atoms with Crippen LogP contribution in [0.1, 0.15) is 51.9 Å². The molecule has 0 radical (unpaired) electrons. The molecular weight excluding hydrogens is 312 g/mol. The van der Waals surface area contributed by atoms with Gasteiger partial charge in [0.15, 0.2) is 0 Å². The predicted molar refractivity (Wildman–Crippen MR) is 80.5 cm³/mol. The fourth-order valence-corrected chi connectivity index (χ4v) is 2.41. The number of halogens is 3. The Morgan fingerprint density at radius 1 is 0.947 bits per heavy atom. The summed E-state index contributed by atoms with van der Waals surface area (Å²) in [4.78, 5) is 0. The Labute approximate surface area is 122 Å². The van der Waals surface area contributed by atoms with Gasteiger partial charge in [-0.2, -0.15) is 0 Å². The smallest absolute Gasteiger partial charge is 0.150 e. The van der Waals surface area contributed by atoms with Crippen LogP contribution in [0.2, 0.25) is 0 Å². The Hall–Kier alpha value is -0.640. The first kappa shape index (κ1) is 16.4. The van der Waals surface area contributed by atoms with Crippen molar-refractivity contribution in [1.82, 2.24) is 0 Å². The molecule has 1 nitrogen and oxygen atoms in total. The number of rotatable bonds is 9. The summed E-state index contributed by atoms with van der Waals surface area (Å²) >= 11 is 3.06. The minimum atomic E-state index is -0.546. The van der Waals surface area contributed by atoms with Gasteiger partial charge in [-0.15, -0.1) is 0 Å². The van der Waals surface area contributed by atoms with E-state index in [4.69, 9.17) is 0 Å². The second-order valence-corrected chi connectivity index (χ2v) is 5.71. The summed E-state index contributed by atoms with van der Waals surface area (Å²) in [5.41, 5.74) is -0.0193. The van der Waals surface area contributed by atoms with Gasteiger partial charge in [-0.3, -0.25) is 0 Å². The Kier molecular flexibility index (Phi) is 8.03. The lowest BCUT2D eigenvalue weighted by Gasteiger charge is -2.09. The van der Waals surface area contributed by atoms with E-state index in [0.29, 0.717) is 11.0 Å². The molecule has 0 aliphatic carbocycles. The number of hydrogen-bond donors (Lipinski definition) is 1. The molecule has 108 valence electrons. The molecule has 0 saturated carbocycles. The molecule has 0 aliphatic heterocycles. The summed E-state index contributed by atoms with van der Waals surface area (Å²) in [7, 11) is 0. The van der Waals surface area contributed by atoms with Gasteiger partial charge in [0.25, 0.3) is 0 Å².